The molecule has 1 atom stereocenters. The van der Waals surface area contributed by atoms with Crippen LogP contribution in [0.15, 0.2) is 24.3 Å². The van der Waals surface area contributed by atoms with Gasteiger partial charge in [-0.3, -0.25) is 0 Å². The standard InChI is InChI=1S/C13H19FN2/c1-16(10-6-7-10)9-8-13(15)11-4-2-3-5-12(11)14/h2-5,10,13H,6-9,15H2,1H3. The van der Waals surface area contributed by atoms with Crippen LogP contribution in [0.3, 0.4) is 0 Å². The first-order valence-corrected chi connectivity index (χ1v) is 5.88. The first-order valence-electron chi connectivity index (χ1n) is 5.88. The Kier molecular flexibility index (Phi) is 3.56. The van der Waals surface area contributed by atoms with E-state index in [1.54, 1.807) is 12.1 Å². The van der Waals surface area contributed by atoms with Crippen LogP contribution in [-0.4, -0.2) is 24.5 Å². The number of nitrogens with zero attached hydrogens (tertiary/aromatic N) is 1. The van der Waals surface area contributed by atoms with E-state index in [-0.39, 0.29) is 11.9 Å². The van der Waals surface area contributed by atoms with Gasteiger partial charge in [0, 0.05) is 17.6 Å². The Labute approximate surface area is 96.2 Å². The number of rotatable bonds is 5. The van der Waals surface area contributed by atoms with Crippen LogP contribution in [0.25, 0.3) is 0 Å². The second-order valence-electron chi connectivity index (χ2n) is 4.63. The van der Waals surface area contributed by atoms with Crippen molar-refractivity contribution in [2.24, 2.45) is 5.73 Å². The minimum absolute atomic E-state index is 0.191. The fourth-order valence-electron chi connectivity index (χ4n) is 1.97. The fraction of sp³-hybridized carbons (Fsp3) is 0.538. The zero-order valence-electron chi connectivity index (χ0n) is 9.70. The molecular weight excluding hydrogens is 203 g/mol. The minimum atomic E-state index is -0.192. The molecule has 16 heavy (non-hydrogen) atoms. The lowest BCUT2D eigenvalue weighted by Gasteiger charge is -2.19. The highest BCUT2D eigenvalue weighted by molar-refractivity contribution is 5.20. The van der Waals surface area contributed by atoms with E-state index in [1.165, 1.54) is 18.9 Å². The van der Waals surface area contributed by atoms with Gasteiger partial charge >= 0.3 is 0 Å². The van der Waals surface area contributed by atoms with Gasteiger partial charge in [0.05, 0.1) is 0 Å². The van der Waals surface area contributed by atoms with Crippen LogP contribution < -0.4 is 5.73 Å². The highest BCUT2D eigenvalue weighted by Gasteiger charge is 2.26. The quantitative estimate of drug-likeness (QED) is 0.828. The van der Waals surface area contributed by atoms with E-state index in [4.69, 9.17) is 5.73 Å². The van der Waals surface area contributed by atoms with E-state index in [0.29, 0.717) is 5.56 Å². The van der Waals surface area contributed by atoms with Gasteiger partial charge in [0.15, 0.2) is 0 Å². The zero-order chi connectivity index (χ0) is 11.5. The largest absolute Gasteiger partial charge is 0.324 e. The van der Waals surface area contributed by atoms with Crippen molar-refractivity contribution in [2.75, 3.05) is 13.6 Å². The molecule has 0 amide bonds. The Balaban J connectivity index is 1.87. The Hall–Kier alpha value is -0.930. The van der Waals surface area contributed by atoms with Crippen LogP contribution in [-0.2, 0) is 0 Å². The van der Waals surface area contributed by atoms with E-state index in [2.05, 4.69) is 11.9 Å². The molecule has 1 aliphatic rings. The van der Waals surface area contributed by atoms with E-state index < -0.39 is 0 Å². The summed E-state index contributed by atoms with van der Waals surface area (Å²) >= 11 is 0. The second-order valence-corrected chi connectivity index (χ2v) is 4.63. The average molecular weight is 222 g/mol. The summed E-state index contributed by atoms with van der Waals surface area (Å²) in [4.78, 5) is 2.32. The maximum Gasteiger partial charge on any atom is 0.127 e. The smallest absolute Gasteiger partial charge is 0.127 e. The molecule has 2 nitrogen and oxygen atoms in total. The Morgan fingerprint density at radius 3 is 2.75 bits per heavy atom. The van der Waals surface area contributed by atoms with Crippen LogP contribution in [0.2, 0.25) is 0 Å². The minimum Gasteiger partial charge on any atom is -0.324 e. The molecule has 0 heterocycles. The molecule has 88 valence electrons. The van der Waals surface area contributed by atoms with Crippen LogP contribution in [0, 0.1) is 5.82 Å². The molecule has 2 rings (SSSR count). The summed E-state index contributed by atoms with van der Waals surface area (Å²) in [5.41, 5.74) is 6.63. The lowest BCUT2D eigenvalue weighted by molar-refractivity contribution is 0.308. The monoisotopic (exact) mass is 222 g/mol. The molecule has 2 N–H and O–H groups in total. The molecule has 0 aliphatic heterocycles. The van der Waals surface area contributed by atoms with Crippen LogP contribution >= 0.6 is 0 Å². The number of hydrogen-bond donors (Lipinski definition) is 1. The van der Waals surface area contributed by atoms with Gasteiger partial charge < -0.3 is 10.6 Å². The molecule has 3 heteroatoms. The Morgan fingerprint density at radius 2 is 2.12 bits per heavy atom. The highest BCUT2D eigenvalue weighted by atomic mass is 19.1. The predicted molar refractivity (Wildman–Crippen MR) is 63.6 cm³/mol. The number of nitrogens with two attached hydrogens (primary N) is 1. The summed E-state index contributed by atoms with van der Waals surface area (Å²) in [5, 5.41) is 0. The van der Waals surface area contributed by atoms with Crippen molar-refractivity contribution < 1.29 is 4.39 Å². The highest BCUT2D eigenvalue weighted by Crippen LogP contribution is 2.26. The topological polar surface area (TPSA) is 29.3 Å². The van der Waals surface area contributed by atoms with Gasteiger partial charge in [-0.25, -0.2) is 4.39 Å². The van der Waals surface area contributed by atoms with Gasteiger partial charge in [0.25, 0.3) is 0 Å². The summed E-state index contributed by atoms with van der Waals surface area (Å²) in [6.45, 7) is 0.945. The van der Waals surface area contributed by atoms with Gasteiger partial charge in [-0.1, -0.05) is 18.2 Å². The van der Waals surface area contributed by atoms with E-state index in [1.807, 2.05) is 6.07 Å². The van der Waals surface area contributed by atoms with E-state index in [9.17, 15) is 4.39 Å². The molecule has 0 bridgehead atoms. The average Bonchev–Trinajstić information content (AvgIpc) is 3.10. The molecule has 1 aliphatic carbocycles. The number of halogens is 1. The van der Waals surface area contributed by atoms with E-state index >= 15 is 0 Å². The third kappa shape index (κ3) is 2.80. The van der Waals surface area contributed by atoms with Gasteiger partial charge in [-0.2, -0.15) is 0 Å². The first kappa shape index (κ1) is 11.6. The Morgan fingerprint density at radius 1 is 1.44 bits per heavy atom. The molecule has 1 saturated carbocycles. The third-order valence-corrected chi connectivity index (χ3v) is 3.27. The molecule has 1 fully saturated rings. The van der Waals surface area contributed by atoms with Crippen molar-refractivity contribution >= 4 is 0 Å². The van der Waals surface area contributed by atoms with Crippen LogP contribution in [0.1, 0.15) is 30.9 Å². The first-order chi connectivity index (χ1) is 7.68. The molecule has 1 aromatic carbocycles. The second kappa shape index (κ2) is 4.93. The van der Waals surface area contributed by atoms with Crippen molar-refractivity contribution in [1.82, 2.24) is 4.90 Å². The summed E-state index contributed by atoms with van der Waals surface area (Å²) in [7, 11) is 2.12. The van der Waals surface area contributed by atoms with Gasteiger partial charge in [0.1, 0.15) is 5.82 Å². The van der Waals surface area contributed by atoms with Crippen LogP contribution in [0.5, 0.6) is 0 Å². The fourth-order valence-corrected chi connectivity index (χ4v) is 1.97. The zero-order valence-corrected chi connectivity index (χ0v) is 9.70. The summed E-state index contributed by atoms with van der Waals surface area (Å²) in [6.07, 6.45) is 3.41. The third-order valence-electron chi connectivity index (χ3n) is 3.27. The molecule has 0 saturated heterocycles. The number of benzene rings is 1. The lowest BCUT2D eigenvalue weighted by Crippen LogP contribution is -2.25. The maximum atomic E-state index is 13.4. The summed E-state index contributed by atoms with van der Waals surface area (Å²) < 4.78 is 13.4. The van der Waals surface area contributed by atoms with Gasteiger partial charge in [0.2, 0.25) is 0 Å². The van der Waals surface area contributed by atoms with Crippen molar-refractivity contribution in [3.8, 4) is 0 Å². The lowest BCUT2D eigenvalue weighted by atomic mass is 10.0. The molecule has 1 aromatic rings. The molecule has 0 aromatic heterocycles. The van der Waals surface area contributed by atoms with Crippen molar-refractivity contribution in [3.63, 3.8) is 0 Å². The van der Waals surface area contributed by atoms with Crippen molar-refractivity contribution in [1.29, 1.82) is 0 Å². The number of hydrogen-bond acceptors (Lipinski definition) is 2. The predicted octanol–water partition coefficient (Wildman–Crippen LogP) is 2.31. The van der Waals surface area contributed by atoms with E-state index in [0.717, 1.165) is 19.0 Å². The molecule has 0 spiro atoms. The molecule has 0 radical (unpaired) electrons. The van der Waals surface area contributed by atoms with Gasteiger partial charge in [-0.15, -0.1) is 0 Å². The van der Waals surface area contributed by atoms with Crippen LogP contribution in [0.4, 0.5) is 4.39 Å². The van der Waals surface area contributed by atoms with Gasteiger partial charge in [-0.05, 0) is 38.9 Å². The van der Waals surface area contributed by atoms with Crippen molar-refractivity contribution in [3.05, 3.63) is 35.6 Å². The molecule has 1 unspecified atom stereocenters. The van der Waals surface area contributed by atoms with Crippen molar-refractivity contribution in [2.45, 2.75) is 31.3 Å². The SMILES string of the molecule is CN(CCC(N)c1ccccc1F)C1CC1. The summed E-state index contributed by atoms with van der Waals surface area (Å²) in [5.74, 6) is -0.191. The molecular formula is C13H19FN2. The Bertz CT molecular complexity index is 350. The normalized spacial score (nSPS) is 17.8. The summed E-state index contributed by atoms with van der Waals surface area (Å²) in [6, 6.07) is 7.33. The maximum absolute atomic E-state index is 13.4.